The minimum atomic E-state index is -4.67. The maximum absolute atomic E-state index is 11.2. The van der Waals surface area contributed by atoms with Gasteiger partial charge in [0.05, 0.1) is 56.2 Å². The molecule has 5 N–H and O–H groups in total. The van der Waals surface area contributed by atoms with Crippen LogP contribution in [0.3, 0.4) is 0 Å². The van der Waals surface area contributed by atoms with Gasteiger partial charge in [-0.25, -0.2) is 0 Å². The first-order valence-electron chi connectivity index (χ1n) is 26.7. The number of rotatable bonds is 12. The second kappa shape index (κ2) is 24.4. The standard InChI is InChI=1S/3C20H24N2O2.H2O4S/c3*1-3-13-12-22-9-7-14(13)10-19(22)20(23)16-6-8-21-18-5-4-15(24-2)11-17(16)18;1-5(2,3)4/h3*3-6,8,11,13-14,19-20,23H,1,7,9-10,12H2,2H3;(H2,1,2,3,4)/t3*13-,14-,19-,20+;/m000./s1. The monoisotopic (exact) mass is 1070 g/mol. The molecule has 3 aromatic heterocycles. The molecule has 6 aromatic rings. The molecule has 15 atom stereocenters. The van der Waals surface area contributed by atoms with Gasteiger partial charge < -0.3 is 29.5 Å². The second-order valence-electron chi connectivity index (χ2n) is 21.4. The lowest BCUT2D eigenvalue weighted by Crippen LogP contribution is -2.54. The fourth-order valence-corrected chi connectivity index (χ4v) is 13.3. The number of pyridine rings is 3. The highest BCUT2D eigenvalue weighted by atomic mass is 32.3. The van der Waals surface area contributed by atoms with Gasteiger partial charge in [-0.05, 0) is 183 Å². The summed E-state index contributed by atoms with van der Waals surface area (Å²) in [6.07, 6.45) is 16.9. The van der Waals surface area contributed by atoms with Gasteiger partial charge in [-0.3, -0.25) is 38.8 Å². The van der Waals surface area contributed by atoms with Crippen molar-refractivity contribution >= 4 is 43.1 Å². The van der Waals surface area contributed by atoms with Crippen molar-refractivity contribution in [1.82, 2.24) is 29.7 Å². The highest BCUT2D eigenvalue weighted by Gasteiger charge is 2.45. The molecule has 0 amide bonds. The zero-order valence-electron chi connectivity index (χ0n) is 44.3. The number of piperidine rings is 9. The van der Waals surface area contributed by atoms with E-state index >= 15 is 0 Å². The van der Waals surface area contributed by atoms with Crippen LogP contribution >= 0.6 is 0 Å². The molecule has 0 radical (unpaired) electrons. The maximum Gasteiger partial charge on any atom is 0.394 e. The number of aromatic nitrogens is 3. The van der Waals surface area contributed by atoms with Crippen molar-refractivity contribution in [2.45, 2.75) is 75.0 Å². The van der Waals surface area contributed by atoms with Crippen molar-refractivity contribution in [1.29, 1.82) is 0 Å². The van der Waals surface area contributed by atoms with Crippen molar-refractivity contribution < 1.29 is 47.1 Å². The number of hydrogen-bond acceptors (Lipinski definition) is 14. The van der Waals surface area contributed by atoms with Crippen LogP contribution in [0.2, 0.25) is 0 Å². The zero-order chi connectivity index (χ0) is 54.5. The Bertz CT molecular complexity index is 2850. The number of aliphatic hydroxyl groups is 3. The number of benzene rings is 3. The van der Waals surface area contributed by atoms with Gasteiger partial charge in [-0.15, -0.1) is 19.7 Å². The molecule has 16 nitrogen and oxygen atoms in total. The number of aliphatic hydroxyl groups excluding tert-OH is 3. The van der Waals surface area contributed by atoms with Crippen LogP contribution < -0.4 is 14.2 Å². The lowest BCUT2D eigenvalue weighted by molar-refractivity contribution is -0.0445. The molecule has 6 bridgehead atoms. The third-order valence-corrected chi connectivity index (χ3v) is 17.5. The molecule has 0 aliphatic carbocycles. The van der Waals surface area contributed by atoms with E-state index in [2.05, 4.69) is 67.6 Å². The molecule has 15 rings (SSSR count). The molecule has 410 valence electrons. The van der Waals surface area contributed by atoms with Crippen LogP contribution in [-0.2, 0) is 10.4 Å². The summed E-state index contributed by atoms with van der Waals surface area (Å²) in [5.74, 6) is 6.02. The summed E-state index contributed by atoms with van der Waals surface area (Å²) in [4.78, 5) is 20.6. The van der Waals surface area contributed by atoms with Crippen molar-refractivity contribution in [2.75, 3.05) is 60.6 Å². The Kier molecular flexibility index (Phi) is 17.7. The molecule has 0 spiro atoms. The average Bonchev–Trinajstić information content (AvgIpc) is 3.50. The van der Waals surface area contributed by atoms with Gasteiger partial charge in [-0.2, -0.15) is 8.42 Å². The minimum absolute atomic E-state index is 0.178. The molecule has 0 saturated carbocycles. The first kappa shape index (κ1) is 55.9. The molecule has 3 unspecified atom stereocenters. The van der Waals surface area contributed by atoms with Gasteiger partial charge in [0.25, 0.3) is 0 Å². The lowest BCUT2D eigenvalue weighted by atomic mass is 9.73. The lowest BCUT2D eigenvalue weighted by Gasteiger charge is -2.50. The largest absolute Gasteiger partial charge is 0.497 e. The highest BCUT2D eigenvalue weighted by molar-refractivity contribution is 7.79. The molecule has 12 heterocycles. The third-order valence-electron chi connectivity index (χ3n) is 17.5. The van der Waals surface area contributed by atoms with Crippen LogP contribution in [0.25, 0.3) is 32.7 Å². The molecule has 77 heavy (non-hydrogen) atoms. The molecular weight excluding hydrogens is 997 g/mol. The van der Waals surface area contributed by atoms with Gasteiger partial charge in [0, 0.05) is 72.5 Å². The third kappa shape index (κ3) is 12.4. The Hall–Kier alpha value is -5.86. The van der Waals surface area contributed by atoms with Crippen molar-refractivity contribution in [2.24, 2.45) is 35.5 Å². The minimum Gasteiger partial charge on any atom is -0.497 e. The number of nitrogens with zero attached hydrogens (tertiary/aromatic N) is 6. The summed E-state index contributed by atoms with van der Waals surface area (Å²) < 4.78 is 47.6. The molecule has 9 saturated heterocycles. The summed E-state index contributed by atoms with van der Waals surface area (Å²) in [7, 11) is 0.318. The summed E-state index contributed by atoms with van der Waals surface area (Å²) in [6.45, 7) is 18.2. The van der Waals surface area contributed by atoms with Crippen LogP contribution in [0.1, 0.15) is 73.5 Å². The quantitative estimate of drug-likeness (QED) is 0.0572. The second-order valence-corrected chi connectivity index (χ2v) is 22.3. The van der Waals surface area contributed by atoms with E-state index < -0.39 is 28.7 Å². The zero-order valence-corrected chi connectivity index (χ0v) is 45.1. The Morgan fingerprint density at radius 2 is 0.779 bits per heavy atom. The number of methoxy groups -OCH3 is 3. The van der Waals surface area contributed by atoms with Crippen LogP contribution in [-0.4, -0.2) is 141 Å². The Morgan fingerprint density at radius 3 is 1.00 bits per heavy atom. The van der Waals surface area contributed by atoms with Crippen LogP contribution in [0.15, 0.2) is 129 Å². The van der Waals surface area contributed by atoms with E-state index in [-0.39, 0.29) is 18.1 Å². The van der Waals surface area contributed by atoms with Crippen LogP contribution in [0, 0.1) is 35.5 Å². The van der Waals surface area contributed by atoms with Crippen molar-refractivity contribution in [3.05, 3.63) is 146 Å². The van der Waals surface area contributed by atoms with E-state index in [0.29, 0.717) is 35.5 Å². The number of fused-ring (bicyclic) bond motifs is 12. The molecule has 3 aromatic carbocycles. The Labute approximate surface area is 452 Å². The van der Waals surface area contributed by atoms with Gasteiger partial charge in [0.1, 0.15) is 17.2 Å². The average molecular weight is 1070 g/mol. The van der Waals surface area contributed by atoms with Crippen LogP contribution in [0.5, 0.6) is 17.2 Å². The molecule has 9 aliphatic rings. The topological polar surface area (TPSA) is 211 Å². The normalized spacial score (nSPS) is 29.0. The van der Waals surface area contributed by atoms with Gasteiger partial charge in [0.2, 0.25) is 0 Å². The predicted molar refractivity (Wildman–Crippen MR) is 299 cm³/mol. The molecule has 17 heteroatoms. The van der Waals surface area contributed by atoms with Gasteiger partial charge in [-0.1, -0.05) is 18.2 Å². The van der Waals surface area contributed by atoms with E-state index in [9.17, 15) is 15.3 Å². The molecule has 9 aliphatic heterocycles. The predicted octanol–water partition coefficient (Wildman–Crippen LogP) is 8.87. The maximum atomic E-state index is 11.2. The molecular formula is C60H74N6O10S. The first-order valence-corrected chi connectivity index (χ1v) is 28.1. The highest BCUT2D eigenvalue weighted by Crippen LogP contribution is 2.45. The van der Waals surface area contributed by atoms with Crippen LogP contribution in [0.4, 0.5) is 0 Å². The van der Waals surface area contributed by atoms with E-state index in [1.54, 1.807) is 39.9 Å². The van der Waals surface area contributed by atoms with Crippen molar-refractivity contribution in [3.8, 4) is 17.2 Å². The van der Waals surface area contributed by atoms with E-state index in [4.69, 9.17) is 31.7 Å². The summed E-state index contributed by atoms with van der Waals surface area (Å²) in [6, 6.07) is 23.9. The summed E-state index contributed by atoms with van der Waals surface area (Å²) in [5.41, 5.74) is 5.54. The SMILES string of the molecule is C=C[C@H]1CN2CC[C@H]1C[C@H]2[C@H](O)c1ccnc2ccc(OC)cc12.C=C[C@H]1CN2CC[C@H]1C[C@H]2[C@H](O)c1ccnc2ccc(OC)cc12.C=C[C@H]1CN2CC[C@H]1C[C@H]2[C@H](O)c1ccnc2ccc(OC)cc12.O=S(=O)(O)O. The fraction of sp³-hybridized carbons (Fsp3) is 0.450. The summed E-state index contributed by atoms with van der Waals surface area (Å²) in [5, 5.41) is 36.4. The number of ether oxygens (including phenoxy) is 3. The smallest absolute Gasteiger partial charge is 0.394 e. The Morgan fingerprint density at radius 1 is 0.506 bits per heavy atom. The number of hydrogen-bond donors (Lipinski definition) is 5. The fourth-order valence-electron chi connectivity index (χ4n) is 13.3. The van der Waals surface area contributed by atoms with Gasteiger partial charge in [0.15, 0.2) is 0 Å². The van der Waals surface area contributed by atoms with E-state index in [0.717, 1.165) is 125 Å². The first-order chi connectivity index (χ1) is 37.1. The van der Waals surface area contributed by atoms with Gasteiger partial charge >= 0.3 is 10.4 Å². The van der Waals surface area contributed by atoms with Crippen molar-refractivity contribution in [3.63, 3.8) is 0 Å². The summed E-state index contributed by atoms with van der Waals surface area (Å²) >= 11 is 0. The van der Waals surface area contributed by atoms with E-state index in [1.165, 1.54) is 19.3 Å². The Balaban J connectivity index is 0.000000135. The van der Waals surface area contributed by atoms with E-state index in [1.807, 2.05) is 72.8 Å². The molecule has 9 fully saturated rings.